The Kier molecular flexibility index (Phi) is 5.68. The van der Waals surface area contributed by atoms with Gasteiger partial charge in [0.2, 0.25) is 5.91 Å². The highest BCUT2D eigenvalue weighted by atomic mass is 35.5. The molecule has 9 heteroatoms. The average molecular weight is 397 g/mol. The Hall–Kier alpha value is -1.14. The monoisotopic (exact) mass is 395 g/mol. The largest absolute Gasteiger partial charge is 0.325 e. The van der Waals surface area contributed by atoms with Gasteiger partial charge < -0.3 is 5.32 Å². The van der Waals surface area contributed by atoms with E-state index in [-0.39, 0.29) is 39.4 Å². The predicted octanol–water partition coefficient (Wildman–Crippen LogP) is 3.10. The van der Waals surface area contributed by atoms with Gasteiger partial charge >= 0.3 is 0 Å². The van der Waals surface area contributed by atoms with E-state index in [2.05, 4.69) is 5.32 Å². The second-order valence-electron chi connectivity index (χ2n) is 4.69. The molecular formula is C14H9Cl4NO4. The Bertz CT molecular complexity index is 745. The number of carbonyl (C=O) groups is 4. The molecule has 2 rings (SSSR count). The van der Waals surface area contributed by atoms with Crippen molar-refractivity contribution < 1.29 is 19.2 Å². The number of benzene rings is 1. The summed E-state index contributed by atoms with van der Waals surface area (Å²) in [6, 6.07) is 0. The number of anilines is 1. The van der Waals surface area contributed by atoms with Crippen molar-refractivity contribution in [1.82, 2.24) is 0 Å². The second-order valence-corrected chi connectivity index (χ2v) is 5.87. The number of alkyl halides is 3. The summed E-state index contributed by atoms with van der Waals surface area (Å²) in [7, 11) is 0. The van der Waals surface area contributed by atoms with Crippen LogP contribution in [0.1, 0.15) is 36.6 Å². The highest BCUT2D eigenvalue weighted by molar-refractivity contribution is 6.44. The van der Waals surface area contributed by atoms with Crippen molar-refractivity contribution in [3.8, 4) is 0 Å². The minimum atomic E-state index is -0.643. The van der Waals surface area contributed by atoms with Crippen LogP contribution in [-0.2, 0) is 11.2 Å². The predicted molar refractivity (Wildman–Crippen MR) is 88.9 cm³/mol. The third-order valence-corrected chi connectivity index (χ3v) is 4.45. The normalized spacial score (nSPS) is 12.8. The highest BCUT2D eigenvalue weighted by Crippen LogP contribution is 2.40. The third-order valence-electron chi connectivity index (χ3n) is 3.34. The van der Waals surface area contributed by atoms with Gasteiger partial charge in [0.05, 0.1) is 40.3 Å². The molecule has 0 aliphatic carbocycles. The molecule has 1 aromatic carbocycles. The van der Waals surface area contributed by atoms with Gasteiger partial charge in [-0.15, -0.1) is 34.8 Å². The van der Waals surface area contributed by atoms with Crippen molar-refractivity contribution >= 4 is 75.3 Å². The number of ketones is 3. The summed E-state index contributed by atoms with van der Waals surface area (Å²) in [5, 5.41) is 2.23. The van der Waals surface area contributed by atoms with Crippen molar-refractivity contribution in [3.05, 3.63) is 27.3 Å². The molecule has 1 N–H and O–H groups in total. The van der Waals surface area contributed by atoms with Crippen molar-refractivity contribution in [2.75, 3.05) is 23.0 Å². The molecule has 0 aromatic heterocycles. The van der Waals surface area contributed by atoms with Gasteiger partial charge in [-0.25, -0.2) is 0 Å². The van der Waals surface area contributed by atoms with Crippen LogP contribution in [-0.4, -0.2) is 40.9 Å². The molecule has 5 nitrogen and oxygen atoms in total. The van der Waals surface area contributed by atoms with E-state index in [1.54, 1.807) is 0 Å². The van der Waals surface area contributed by atoms with Crippen LogP contribution in [0.4, 0.5) is 5.69 Å². The zero-order valence-electron chi connectivity index (χ0n) is 11.5. The maximum atomic E-state index is 12.2. The number of fused-ring (bicyclic) bond motifs is 1. The summed E-state index contributed by atoms with van der Waals surface area (Å²) in [4.78, 5) is 48.2. The van der Waals surface area contributed by atoms with Crippen LogP contribution in [0.25, 0.3) is 0 Å². The molecule has 0 atom stereocenters. The summed E-state index contributed by atoms with van der Waals surface area (Å²) in [6.45, 7) is 0. The number of amides is 1. The molecule has 1 amide bonds. The van der Waals surface area contributed by atoms with Gasteiger partial charge in [-0.2, -0.15) is 0 Å². The first-order valence-corrected chi connectivity index (χ1v) is 8.31. The van der Waals surface area contributed by atoms with E-state index >= 15 is 0 Å². The fourth-order valence-corrected chi connectivity index (χ4v) is 3.26. The zero-order valence-corrected chi connectivity index (χ0v) is 14.5. The number of hydrogen-bond donors (Lipinski definition) is 1. The molecule has 1 aromatic rings. The standard InChI is InChI=1S/C14H9Cl4NO4/c15-2-6(20)10-5-1-9(23)19-14(5)12(8(22)4-17)13(18)11(10)7(21)3-16/h1-4H2,(H,19,23). The fraction of sp³-hybridized carbons (Fsp3) is 0.286. The summed E-state index contributed by atoms with van der Waals surface area (Å²) in [5.41, 5.74) is -0.0505. The second kappa shape index (κ2) is 7.18. The number of Topliss-reactive ketones (excluding diaryl/α,β-unsaturated/α-hetero) is 3. The summed E-state index contributed by atoms with van der Waals surface area (Å²) in [5.74, 6) is -3.50. The first-order chi connectivity index (χ1) is 10.9. The zero-order chi connectivity index (χ0) is 17.3. The number of carbonyl (C=O) groups excluding carboxylic acids is 4. The molecule has 0 radical (unpaired) electrons. The van der Waals surface area contributed by atoms with Crippen molar-refractivity contribution in [2.45, 2.75) is 6.42 Å². The Morgan fingerprint density at radius 2 is 1.35 bits per heavy atom. The molecule has 0 bridgehead atoms. The number of rotatable bonds is 6. The summed E-state index contributed by atoms with van der Waals surface area (Å²) >= 11 is 22.9. The van der Waals surface area contributed by atoms with E-state index in [9.17, 15) is 19.2 Å². The van der Waals surface area contributed by atoms with Gasteiger partial charge in [0, 0.05) is 11.1 Å². The maximum Gasteiger partial charge on any atom is 0.228 e. The van der Waals surface area contributed by atoms with Crippen molar-refractivity contribution in [3.63, 3.8) is 0 Å². The molecule has 0 saturated heterocycles. The number of hydrogen-bond acceptors (Lipinski definition) is 4. The lowest BCUT2D eigenvalue weighted by Crippen LogP contribution is -2.18. The van der Waals surface area contributed by atoms with E-state index < -0.39 is 40.9 Å². The molecule has 0 fully saturated rings. The minimum absolute atomic E-state index is 0.0740. The van der Waals surface area contributed by atoms with Gasteiger partial charge in [0.1, 0.15) is 0 Å². The van der Waals surface area contributed by atoms with Crippen molar-refractivity contribution in [2.24, 2.45) is 0 Å². The van der Waals surface area contributed by atoms with Crippen LogP contribution in [0.2, 0.25) is 5.02 Å². The van der Waals surface area contributed by atoms with Crippen molar-refractivity contribution in [1.29, 1.82) is 0 Å². The Morgan fingerprint density at radius 3 is 1.87 bits per heavy atom. The van der Waals surface area contributed by atoms with Crippen LogP contribution in [0.5, 0.6) is 0 Å². The quantitative estimate of drug-likeness (QED) is 0.591. The first kappa shape index (κ1) is 18.2. The van der Waals surface area contributed by atoms with E-state index in [0.29, 0.717) is 0 Å². The fourth-order valence-electron chi connectivity index (χ4n) is 2.46. The minimum Gasteiger partial charge on any atom is -0.325 e. The number of nitrogens with one attached hydrogen (secondary N) is 1. The van der Waals surface area contributed by atoms with Crippen LogP contribution in [0.3, 0.4) is 0 Å². The Labute approximate surface area is 151 Å². The summed E-state index contributed by atoms with van der Waals surface area (Å²) in [6.07, 6.45) is -0.171. The van der Waals surface area contributed by atoms with Gasteiger partial charge in [-0.1, -0.05) is 11.6 Å². The van der Waals surface area contributed by atoms with E-state index in [1.165, 1.54) is 0 Å². The lowest BCUT2D eigenvalue weighted by Gasteiger charge is -2.17. The molecule has 1 aliphatic heterocycles. The molecule has 1 heterocycles. The smallest absolute Gasteiger partial charge is 0.228 e. The van der Waals surface area contributed by atoms with Crippen LogP contribution >= 0.6 is 46.4 Å². The van der Waals surface area contributed by atoms with Crippen LogP contribution < -0.4 is 5.32 Å². The number of halogens is 4. The summed E-state index contributed by atoms with van der Waals surface area (Å²) < 4.78 is 0. The van der Waals surface area contributed by atoms with E-state index in [1.807, 2.05) is 0 Å². The van der Waals surface area contributed by atoms with Crippen LogP contribution in [0.15, 0.2) is 0 Å². The van der Waals surface area contributed by atoms with Crippen LogP contribution in [0, 0.1) is 0 Å². The molecule has 0 unspecified atom stereocenters. The Balaban J connectivity index is 2.93. The molecule has 122 valence electrons. The van der Waals surface area contributed by atoms with Gasteiger partial charge in [-0.05, 0) is 5.56 Å². The molecule has 0 spiro atoms. The SMILES string of the molecule is O=C1Cc2c(c(C(=O)CCl)c(Cl)c(C(=O)CCl)c2C(=O)CCl)N1. The Morgan fingerprint density at radius 1 is 0.870 bits per heavy atom. The highest BCUT2D eigenvalue weighted by Gasteiger charge is 2.35. The average Bonchev–Trinajstić information content (AvgIpc) is 2.92. The van der Waals surface area contributed by atoms with Gasteiger partial charge in [0.25, 0.3) is 0 Å². The topological polar surface area (TPSA) is 80.3 Å². The lowest BCUT2D eigenvalue weighted by atomic mass is 9.89. The van der Waals surface area contributed by atoms with E-state index in [4.69, 9.17) is 46.4 Å². The van der Waals surface area contributed by atoms with Gasteiger partial charge in [0.15, 0.2) is 17.3 Å². The maximum absolute atomic E-state index is 12.2. The third kappa shape index (κ3) is 3.11. The molecular weight excluding hydrogens is 388 g/mol. The first-order valence-electron chi connectivity index (χ1n) is 6.33. The molecule has 0 saturated carbocycles. The van der Waals surface area contributed by atoms with E-state index in [0.717, 1.165) is 0 Å². The molecule has 23 heavy (non-hydrogen) atoms. The van der Waals surface area contributed by atoms with Gasteiger partial charge in [-0.3, -0.25) is 19.2 Å². The molecule has 1 aliphatic rings. The lowest BCUT2D eigenvalue weighted by molar-refractivity contribution is -0.115.